The van der Waals surface area contributed by atoms with Crippen molar-refractivity contribution in [3.63, 3.8) is 0 Å². The number of carbonyl (C=O) groups is 1. The van der Waals surface area contributed by atoms with Gasteiger partial charge in [-0.05, 0) is 36.8 Å². The SMILES string of the molecule is CC(C)C1CCC(=O)C(Cc2nc3ccccc3s2)C1. The van der Waals surface area contributed by atoms with Crippen molar-refractivity contribution in [3.05, 3.63) is 29.3 Å². The lowest BCUT2D eigenvalue weighted by atomic mass is 9.74. The highest BCUT2D eigenvalue weighted by atomic mass is 32.1. The highest BCUT2D eigenvalue weighted by Crippen LogP contribution is 2.34. The molecule has 1 fully saturated rings. The van der Waals surface area contributed by atoms with Gasteiger partial charge in [0.1, 0.15) is 5.78 Å². The van der Waals surface area contributed by atoms with E-state index in [0.717, 1.165) is 36.2 Å². The third-order valence-corrected chi connectivity index (χ3v) is 5.56. The zero-order valence-electron chi connectivity index (χ0n) is 12.1. The van der Waals surface area contributed by atoms with E-state index in [1.807, 2.05) is 12.1 Å². The first-order valence-corrected chi connectivity index (χ1v) is 8.32. The van der Waals surface area contributed by atoms with Crippen molar-refractivity contribution in [3.8, 4) is 0 Å². The quantitative estimate of drug-likeness (QED) is 0.833. The molecule has 1 aliphatic carbocycles. The van der Waals surface area contributed by atoms with Crippen molar-refractivity contribution in [2.75, 3.05) is 0 Å². The molecule has 106 valence electrons. The van der Waals surface area contributed by atoms with Gasteiger partial charge in [-0.3, -0.25) is 4.79 Å². The number of benzene rings is 1. The van der Waals surface area contributed by atoms with E-state index in [-0.39, 0.29) is 5.92 Å². The van der Waals surface area contributed by atoms with Gasteiger partial charge >= 0.3 is 0 Å². The second-order valence-electron chi connectivity index (χ2n) is 6.22. The average molecular weight is 287 g/mol. The van der Waals surface area contributed by atoms with E-state index in [2.05, 4.69) is 31.0 Å². The first-order chi connectivity index (χ1) is 9.63. The third-order valence-electron chi connectivity index (χ3n) is 4.51. The third kappa shape index (κ3) is 2.78. The van der Waals surface area contributed by atoms with Crippen LogP contribution in [0.1, 0.15) is 38.1 Å². The summed E-state index contributed by atoms with van der Waals surface area (Å²) in [5, 5.41) is 1.12. The molecular formula is C17H21NOS. The van der Waals surface area contributed by atoms with Crippen molar-refractivity contribution >= 4 is 27.3 Å². The second-order valence-corrected chi connectivity index (χ2v) is 7.34. The summed E-state index contributed by atoms with van der Waals surface area (Å²) < 4.78 is 1.23. The number of rotatable bonds is 3. The van der Waals surface area contributed by atoms with Crippen LogP contribution >= 0.6 is 11.3 Å². The maximum Gasteiger partial charge on any atom is 0.136 e. The van der Waals surface area contributed by atoms with E-state index < -0.39 is 0 Å². The standard InChI is InChI=1S/C17H21NOS/c1-11(2)12-7-8-15(19)13(9-12)10-17-18-14-5-3-4-6-16(14)20-17/h3-6,11-13H,7-10H2,1-2H3. The lowest BCUT2D eigenvalue weighted by Gasteiger charge is -2.30. The van der Waals surface area contributed by atoms with Crippen LogP contribution in [0.25, 0.3) is 10.2 Å². The molecule has 0 bridgehead atoms. The zero-order chi connectivity index (χ0) is 14.1. The van der Waals surface area contributed by atoms with E-state index in [1.54, 1.807) is 11.3 Å². The van der Waals surface area contributed by atoms with Gasteiger partial charge in [-0.2, -0.15) is 0 Å². The van der Waals surface area contributed by atoms with Crippen LogP contribution in [0.4, 0.5) is 0 Å². The van der Waals surface area contributed by atoms with Gasteiger partial charge in [0, 0.05) is 18.8 Å². The Hall–Kier alpha value is -1.22. The van der Waals surface area contributed by atoms with Crippen molar-refractivity contribution in [2.45, 2.75) is 39.5 Å². The molecule has 0 aliphatic heterocycles. The molecule has 3 heteroatoms. The number of hydrogen-bond acceptors (Lipinski definition) is 3. The highest BCUT2D eigenvalue weighted by molar-refractivity contribution is 7.18. The molecule has 0 radical (unpaired) electrons. The van der Waals surface area contributed by atoms with E-state index in [4.69, 9.17) is 0 Å². The number of carbonyl (C=O) groups excluding carboxylic acids is 1. The number of nitrogens with zero attached hydrogens (tertiary/aromatic N) is 1. The summed E-state index contributed by atoms with van der Waals surface area (Å²) in [6.45, 7) is 4.55. The second kappa shape index (κ2) is 5.65. The molecule has 2 aromatic rings. The Balaban J connectivity index is 1.76. The van der Waals surface area contributed by atoms with Gasteiger partial charge in [-0.15, -0.1) is 11.3 Å². The first kappa shape index (κ1) is 13.7. The number of fused-ring (bicyclic) bond motifs is 1. The molecule has 20 heavy (non-hydrogen) atoms. The van der Waals surface area contributed by atoms with Crippen LogP contribution in [0.15, 0.2) is 24.3 Å². The van der Waals surface area contributed by atoms with Gasteiger partial charge < -0.3 is 0 Å². The van der Waals surface area contributed by atoms with Crippen LogP contribution in [-0.4, -0.2) is 10.8 Å². The monoisotopic (exact) mass is 287 g/mol. The van der Waals surface area contributed by atoms with Gasteiger partial charge in [-0.25, -0.2) is 4.98 Å². The first-order valence-electron chi connectivity index (χ1n) is 7.50. The summed E-state index contributed by atoms with van der Waals surface area (Å²) in [6.07, 6.45) is 3.72. The lowest BCUT2D eigenvalue weighted by molar-refractivity contribution is -0.125. The molecular weight excluding hydrogens is 266 g/mol. The van der Waals surface area contributed by atoms with Crippen LogP contribution in [0.3, 0.4) is 0 Å². The van der Waals surface area contributed by atoms with Gasteiger partial charge in [0.15, 0.2) is 0 Å². The Kier molecular flexibility index (Phi) is 3.88. The summed E-state index contributed by atoms with van der Waals surface area (Å²) in [6, 6.07) is 8.22. The Morgan fingerprint density at radius 2 is 2.15 bits per heavy atom. The minimum absolute atomic E-state index is 0.191. The topological polar surface area (TPSA) is 30.0 Å². The Morgan fingerprint density at radius 1 is 1.35 bits per heavy atom. The van der Waals surface area contributed by atoms with E-state index >= 15 is 0 Å². The van der Waals surface area contributed by atoms with Crippen LogP contribution < -0.4 is 0 Å². The Labute approximate surface area is 124 Å². The van der Waals surface area contributed by atoms with Gasteiger partial charge in [0.05, 0.1) is 15.2 Å². The molecule has 2 atom stereocenters. The number of para-hydroxylation sites is 1. The smallest absolute Gasteiger partial charge is 0.136 e. The van der Waals surface area contributed by atoms with Gasteiger partial charge in [-0.1, -0.05) is 26.0 Å². The molecule has 1 aliphatic rings. The normalized spacial score (nSPS) is 23.6. The van der Waals surface area contributed by atoms with Crippen molar-refractivity contribution in [2.24, 2.45) is 17.8 Å². The fourth-order valence-corrected chi connectivity index (χ4v) is 4.21. The molecule has 2 nitrogen and oxygen atoms in total. The van der Waals surface area contributed by atoms with Crippen molar-refractivity contribution < 1.29 is 4.79 Å². The molecule has 2 unspecified atom stereocenters. The Morgan fingerprint density at radius 3 is 2.90 bits per heavy atom. The fraction of sp³-hybridized carbons (Fsp3) is 0.529. The molecule has 1 heterocycles. The number of Topliss-reactive ketones (excluding diaryl/α,β-unsaturated/α-hetero) is 1. The lowest BCUT2D eigenvalue weighted by Crippen LogP contribution is -2.28. The summed E-state index contributed by atoms with van der Waals surface area (Å²) in [5.74, 6) is 2.02. The zero-order valence-corrected chi connectivity index (χ0v) is 13.0. The van der Waals surface area contributed by atoms with Crippen LogP contribution in [-0.2, 0) is 11.2 Å². The van der Waals surface area contributed by atoms with E-state index in [1.165, 1.54) is 4.70 Å². The minimum atomic E-state index is 0.191. The molecule has 0 N–H and O–H groups in total. The Bertz CT molecular complexity index is 583. The molecule has 1 aromatic carbocycles. The summed E-state index contributed by atoms with van der Waals surface area (Å²) in [5.41, 5.74) is 1.07. The van der Waals surface area contributed by atoms with Crippen LogP contribution in [0, 0.1) is 17.8 Å². The highest BCUT2D eigenvalue weighted by Gasteiger charge is 2.30. The maximum absolute atomic E-state index is 12.2. The number of hydrogen-bond donors (Lipinski definition) is 0. The number of thiazole rings is 1. The van der Waals surface area contributed by atoms with Crippen LogP contribution in [0.5, 0.6) is 0 Å². The summed E-state index contributed by atoms with van der Waals surface area (Å²) in [7, 11) is 0. The predicted octanol–water partition coefficient (Wildman–Crippen LogP) is 4.48. The molecule has 1 aromatic heterocycles. The van der Waals surface area contributed by atoms with E-state index in [0.29, 0.717) is 17.6 Å². The van der Waals surface area contributed by atoms with Crippen molar-refractivity contribution in [1.29, 1.82) is 0 Å². The van der Waals surface area contributed by atoms with Crippen molar-refractivity contribution in [1.82, 2.24) is 4.98 Å². The fourth-order valence-electron chi connectivity index (χ4n) is 3.17. The molecule has 0 amide bonds. The minimum Gasteiger partial charge on any atom is -0.299 e. The van der Waals surface area contributed by atoms with E-state index in [9.17, 15) is 4.79 Å². The summed E-state index contributed by atoms with van der Waals surface area (Å²) in [4.78, 5) is 16.8. The maximum atomic E-state index is 12.2. The van der Waals surface area contributed by atoms with Crippen LogP contribution in [0.2, 0.25) is 0 Å². The summed E-state index contributed by atoms with van der Waals surface area (Å²) >= 11 is 1.74. The van der Waals surface area contributed by atoms with Gasteiger partial charge in [0.2, 0.25) is 0 Å². The number of aromatic nitrogens is 1. The van der Waals surface area contributed by atoms with Gasteiger partial charge in [0.25, 0.3) is 0 Å². The largest absolute Gasteiger partial charge is 0.299 e. The molecule has 0 spiro atoms. The predicted molar refractivity (Wildman–Crippen MR) is 84.0 cm³/mol. The molecule has 3 rings (SSSR count). The number of ketones is 1. The molecule has 0 saturated heterocycles. The average Bonchev–Trinajstić information content (AvgIpc) is 2.83. The molecule has 1 saturated carbocycles.